The number of aryl methyl sites for hydroxylation is 1. The molecule has 1 fully saturated rings. The molecule has 3 rings (SSSR count). The van der Waals surface area contributed by atoms with E-state index >= 15 is 0 Å². The van der Waals surface area contributed by atoms with Crippen molar-refractivity contribution < 1.29 is 17.6 Å². The van der Waals surface area contributed by atoms with Crippen LogP contribution in [-0.2, 0) is 14.8 Å². The predicted octanol–water partition coefficient (Wildman–Crippen LogP) is 3.44. The molecule has 1 amide bonds. The van der Waals surface area contributed by atoms with Crippen molar-refractivity contribution in [3.05, 3.63) is 58.0 Å². The Kier molecular flexibility index (Phi) is 5.95. The molecule has 1 aromatic heterocycles. The van der Waals surface area contributed by atoms with Gasteiger partial charge in [0, 0.05) is 32.3 Å². The van der Waals surface area contributed by atoms with Crippen molar-refractivity contribution in [2.45, 2.75) is 11.8 Å². The molecule has 0 unspecified atom stereocenters. The van der Waals surface area contributed by atoms with Crippen LogP contribution in [0.3, 0.4) is 0 Å². The third-order valence-corrected chi connectivity index (χ3v) is 7.07. The van der Waals surface area contributed by atoms with Gasteiger partial charge in [0.2, 0.25) is 15.9 Å². The van der Waals surface area contributed by atoms with E-state index in [2.05, 4.69) is 0 Å². The highest BCUT2D eigenvalue weighted by Gasteiger charge is 2.32. The summed E-state index contributed by atoms with van der Waals surface area (Å²) >= 11 is 12.1. The van der Waals surface area contributed by atoms with Crippen molar-refractivity contribution in [1.82, 2.24) is 9.21 Å². The Morgan fingerprint density at radius 3 is 2.26 bits per heavy atom. The molecule has 0 atom stereocenters. The SMILES string of the molecule is Cc1ccc(/C=C/C(=O)N2CCN(S(=O)(=O)c3c(Cl)cccc3Cl)CC2)o1. The number of amides is 1. The first kappa shape index (κ1) is 19.9. The fourth-order valence-corrected chi connectivity index (χ4v) is 5.32. The van der Waals surface area contributed by atoms with Crippen LogP contribution in [0.25, 0.3) is 6.08 Å². The largest absolute Gasteiger partial charge is 0.462 e. The van der Waals surface area contributed by atoms with Crippen LogP contribution in [0.4, 0.5) is 0 Å². The second-order valence-corrected chi connectivity index (χ2v) is 8.75. The van der Waals surface area contributed by atoms with Crippen LogP contribution in [0.1, 0.15) is 11.5 Å². The number of hydrogen-bond acceptors (Lipinski definition) is 4. The number of sulfonamides is 1. The van der Waals surface area contributed by atoms with E-state index in [9.17, 15) is 13.2 Å². The summed E-state index contributed by atoms with van der Waals surface area (Å²) < 4.78 is 32.4. The molecule has 0 radical (unpaired) electrons. The minimum absolute atomic E-state index is 0.0812. The minimum Gasteiger partial charge on any atom is -0.462 e. The molecule has 0 spiro atoms. The lowest BCUT2D eigenvalue weighted by Gasteiger charge is -2.33. The zero-order valence-electron chi connectivity index (χ0n) is 14.6. The number of hydrogen-bond donors (Lipinski definition) is 0. The normalized spacial score (nSPS) is 16.2. The first-order valence-corrected chi connectivity index (χ1v) is 10.5. The Morgan fingerprint density at radius 1 is 1.07 bits per heavy atom. The van der Waals surface area contributed by atoms with Crippen LogP contribution >= 0.6 is 23.2 Å². The Bertz CT molecular complexity index is 957. The van der Waals surface area contributed by atoms with Gasteiger partial charge in [-0.1, -0.05) is 29.3 Å². The van der Waals surface area contributed by atoms with Crippen molar-refractivity contribution in [3.63, 3.8) is 0 Å². The lowest BCUT2D eigenvalue weighted by Crippen LogP contribution is -2.50. The molecule has 6 nitrogen and oxygen atoms in total. The van der Waals surface area contributed by atoms with E-state index < -0.39 is 10.0 Å². The van der Waals surface area contributed by atoms with Crippen molar-refractivity contribution in [3.8, 4) is 0 Å². The number of benzene rings is 1. The highest BCUT2D eigenvalue weighted by molar-refractivity contribution is 7.89. The molecule has 1 aliphatic rings. The number of carbonyl (C=O) groups excluding carboxylic acids is 1. The molecule has 0 aliphatic carbocycles. The highest BCUT2D eigenvalue weighted by atomic mass is 35.5. The molecule has 2 aromatic rings. The van der Waals surface area contributed by atoms with E-state index in [-0.39, 0.29) is 47.0 Å². The minimum atomic E-state index is -3.83. The van der Waals surface area contributed by atoms with E-state index in [1.54, 1.807) is 23.1 Å². The fraction of sp³-hybridized carbons (Fsp3) is 0.278. The van der Waals surface area contributed by atoms with Gasteiger partial charge in [0.1, 0.15) is 16.4 Å². The van der Waals surface area contributed by atoms with Gasteiger partial charge >= 0.3 is 0 Å². The summed E-state index contributed by atoms with van der Waals surface area (Å²) in [6.07, 6.45) is 3.02. The average molecular weight is 429 g/mol. The molecule has 0 saturated carbocycles. The molecule has 2 heterocycles. The lowest BCUT2D eigenvalue weighted by atomic mass is 10.3. The molecule has 1 aliphatic heterocycles. The number of carbonyl (C=O) groups is 1. The number of rotatable bonds is 4. The molecule has 1 saturated heterocycles. The summed E-state index contributed by atoms with van der Waals surface area (Å²) in [4.78, 5) is 13.8. The Labute approximate surface area is 168 Å². The molecular weight excluding hydrogens is 411 g/mol. The molecule has 1 aromatic carbocycles. The second-order valence-electron chi connectivity index (χ2n) is 6.06. The zero-order valence-corrected chi connectivity index (χ0v) is 16.9. The lowest BCUT2D eigenvalue weighted by molar-refractivity contribution is -0.127. The maximum atomic E-state index is 12.8. The van der Waals surface area contributed by atoms with Gasteiger partial charge in [-0.3, -0.25) is 4.79 Å². The maximum absolute atomic E-state index is 12.8. The maximum Gasteiger partial charge on any atom is 0.246 e. The van der Waals surface area contributed by atoms with Gasteiger partial charge in [0.25, 0.3) is 0 Å². The molecule has 0 bridgehead atoms. The number of piperazine rings is 1. The van der Waals surface area contributed by atoms with Gasteiger partial charge in [0.15, 0.2) is 0 Å². The second kappa shape index (κ2) is 8.06. The van der Waals surface area contributed by atoms with Gasteiger partial charge in [-0.2, -0.15) is 4.31 Å². The van der Waals surface area contributed by atoms with Crippen LogP contribution in [0.2, 0.25) is 10.0 Å². The smallest absolute Gasteiger partial charge is 0.246 e. The van der Waals surface area contributed by atoms with E-state index in [0.29, 0.717) is 5.76 Å². The van der Waals surface area contributed by atoms with Gasteiger partial charge in [0.05, 0.1) is 10.0 Å². The van der Waals surface area contributed by atoms with Crippen molar-refractivity contribution in [2.75, 3.05) is 26.2 Å². The number of nitrogens with zero attached hydrogens (tertiary/aromatic N) is 2. The first-order valence-electron chi connectivity index (χ1n) is 8.26. The van der Waals surface area contributed by atoms with E-state index in [1.807, 2.05) is 13.0 Å². The van der Waals surface area contributed by atoms with Crippen LogP contribution in [0.5, 0.6) is 0 Å². The monoisotopic (exact) mass is 428 g/mol. The van der Waals surface area contributed by atoms with Crippen LogP contribution in [0.15, 0.2) is 45.7 Å². The van der Waals surface area contributed by atoms with Gasteiger partial charge < -0.3 is 9.32 Å². The Balaban J connectivity index is 1.66. The van der Waals surface area contributed by atoms with Crippen LogP contribution in [-0.4, -0.2) is 49.7 Å². The summed E-state index contributed by atoms with van der Waals surface area (Å²) in [5, 5.41) is 0.162. The summed E-state index contributed by atoms with van der Waals surface area (Å²) in [6.45, 7) is 2.72. The molecular formula is C18H18Cl2N2O4S. The van der Waals surface area contributed by atoms with E-state index in [1.165, 1.54) is 22.5 Å². The number of halogens is 2. The third kappa shape index (κ3) is 4.38. The van der Waals surface area contributed by atoms with Crippen molar-refractivity contribution in [1.29, 1.82) is 0 Å². The van der Waals surface area contributed by atoms with Gasteiger partial charge in [-0.15, -0.1) is 0 Å². The van der Waals surface area contributed by atoms with Crippen molar-refractivity contribution >= 4 is 45.2 Å². The van der Waals surface area contributed by atoms with E-state index in [0.717, 1.165) is 5.76 Å². The molecule has 144 valence electrons. The molecule has 0 N–H and O–H groups in total. The van der Waals surface area contributed by atoms with Crippen LogP contribution in [0, 0.1) is 6.92 Å². The Morgan fingerprint density at radius 2 is 1.70 bits per heavy atom. The summed E-state index contributed by atoms with van der Waals surface area (Å²) in [5.74, 6) is 1.16. The standard InChI is InChI=1S/C18H18Cl2N2O4S/c1-13-5-6-14(26-13)7-8-17(23)21-9-11-22(12-10-21)27(24,25)18-15(19)3-2-4-16(18)20/h2-8H,9-12H2,1H3/b8-7+. The molecule has 9 heteroatoms. The van der Waals surface area contributed by atoms with Gasteiger partial charge in [-0.25, -0.2) is 8.42 Å². The Hall–Kier alpha value is -1.80. The van der Waals surface area contributed by atoms with Gasteiger partial charge in [-0.05, 0) is 37.3 Å². The fourth-order valence-electron chi connectivity index (χ4n) is 2.81. The highest BCUT2D eigenvalue weighted by Crippen LogP contribution is 2.31. The van der Waals surface area contributed by atoms with Crippen molar-refractivity contribution in [2.24, 2.45) is 0 Å². The van der Waals surface area contributed by atoms with E-state index in [4.69, 9.17) is 27.6 Å². The van der Waals surface area contributed by atoms with Crippen LogP contribution < -0.4 is 0 Å². The first-order chi connectivity index (χ1) is 12.8. The quantitative estimate of drug-likeness (QED) is 0.699. The summed E-state index contributed by atoms with van der Waals surface area (Å²) in [7, 11) is -3.83. The molecule has 27 heavy (non-hydrogen) atoms. The summed E-state index contributed by atoms with van der Waals surface area (Å²) in [6, 6.07) is 8.15. The number of furan rings is 1. The predicted molar refractivity (Wildman–Crippen MR) is 104 cm³/mol. The summed E-state index contributed by atoms with van der Waals surface area (Å²) in [5.41, 5.74) is 0. The topological polar surface area (TPSA) is 70.8 Å². The zero-order chi connectivity index (χ0) is 19.6. The average Bonchev–Trinajstić information content (AvgIpc) is 3.05. The third-order valence-electron chi connectivity index (χ3n) is 4.22.